The van der Waals surface area contributed by atoms with Crippen molar-refractivity contribution in [2.75, 3.05) is 11.0 Å². The molecular weight excluding hydrogens is 340 g/mol. The molecule has 1 N–H and O–H groups in total. The van der Waals surface area contributed by atoms with E-state index in [0.717, 1.165) is 22.9 Å². The summed E-state index contributed by atoms with van der Waals surface area (Å²) >= 11 is 0. The predicted molar refractivity (Wildman–Crippen MR) is 100 cm³/mol. The summed E-state index contributed by atoms with van der Waals surface area (Å²) in [4.78, 5) is 10.9. The zero-order valence-electron chi connectivity index (χ0n) is 15.0. The van der Waals surface area contributed by atoms with Gasteiger partial charge in [-0.3, -0.25) is 4.72 Å². The van der Waals surface area contributed by atoms with Gasteiger partial charge in [-0.15, -0.1) is 4.91 Å². The number of ether oxygens (including phenoxy) is 1. The molecule has 0 fully saturated rings. The average Bonchev–Trinajstić information content (AvgIpc) is 2.49. The lowest BCUT2D eigenvalue weighted by molar-refractivity contribution is 0.474. The second kappa shape index (κ2) is 7.23. The first kappa shape index (κ1) is 18.9. The van der Waals surface area contributed by atoms with Crippen molar-refractivity contribution in [3.05, 3.63) is 51.9 Å². The van der Waals surface area contributed by atoms with Crippen molar-refractivity contribution < 1.29 is 13.2 Å². The Labute approximate surface area is 148 Å². The van der Waals surface area contributed by atoms with Crippen molar-refractivity contribution >= 4 is 21.4 Å². The summed E-state index contributed by atoms with van der Waals surface area (Å²) in [5, 5.41) is 3.05. The van der Waals surface area contributed by atoms with Gasteiger partial charge >= 0.3 is 0 Å². The third-order valence-electron chi connectivity index (χ3n) is 3.70. The molecule has 7 heteroatoms. The molecule has 0 aliphatic rings. The van der Waals surface area contributed by atoms with Crippen LogP contribution in [-0.2, 0) is 10.0 Å². The molecule has 0 heterocycles. The van der Waals surface area contributed by atoms with Crippen LogP contribution in [0.3, 0.4) is 0 Å². The summed E-state index contributed by atoms with van der Waals surface area (Å²) in [5.41, 5.74) is 3.32. The number of nitrogens with zero attached hydrogens (tertiary/aromatic N) is 1. The Bertz CT molecular complexity index is 882. The number of rotatable bonds is 6. The Morgan fingerprint density at radius 2 is 1.68 bits per heavy atom. The standard InChI is InChI=1S/C18H22N2O4S/c1-11(2)16-10-15(6-7-17(16)19-21)24-18-12(3)8-14(9-13(18)4)20-25(5,22)23/h6-11,20H,1-5H3. The maximum absolute atomic E-state index is 11.4. The average molecular weight is 362 g/mol. The Morgan fingerprint density at radius 3 is 2.16 bits per heavy atom. The smallest absolute Gasteiger partial charge is 0.229 e. The highest BCUT2D eigenvalue weighted by Crippen LogP contribution is 2.35. The van der Waals surface area contributed by atoms with Crippen LogP contribution >= 0.6 is 0 Å². The van der Waals surface area contributed by atoms with Gasteiger partial charge in [-0.1, -0.05) is 13.8 Å². The first-order valence-corrected chi connectivity index (χ1v) is 9.74. The lowest BCUT2D eigenvalue weighted by atomic mass is 10.0. The summed E-state index contributed by atoms with van der Waals surface area (Å²) in [7, 11) is -3.34. The summed E-state index contributed by atoms with van der Waals surface area (Å²) in [6, 6.07) is 8.58. The van der Waals surface area contributed by atoms with E-state index in [0.29, 0.717) is 22.9 Å². The molecule has 0 bridgehead atoms. The molecule has 0 unspecified atom stereocenters. The van der Waals surface area contributed by atoms with Crippen molar-refractivity contribution in [3.63, 3.8) is 0 Å². The Balaban J connectivity index is 2.38. The Morgan fingerprint density at radius 1 is 1.08 bits per heavy atom. The Hall–Kier alpha value is -2.41. The first-order chi connectivity index (χ1) is 11.6. The fraction of sp³-hybridized carbons (Fsp3) is 0.333. The number of nitroso groups, excluding NO2 is 1. The maximum Gasteiger partial charge on any atom is 0.229 e. The number of benzene rings is 2. The van der Waals surface area contributed by atoms with Gasteiger partial charge in [-0.2, -0.15) is 0 Å². The van der Waals surface area contributed by atoms with Gasteiger partial charge in [0.2, 0.25) is 10.0 Å². The summed E-state index contributed by atoms with van der Waals surface area (Å²) < 4.78 is 31.2. The van der Waals surface area contributed by atoms with Crippen LogP contribution in [0.25, 0.3) is 0 Å². The zero-order chi connectivity index (χ0) is 18.8. The molecule has 0 atom stereocenters. The minimum atomic E-state index is -3.34. The number of nitrogens with one attached hydrogen (secondary N) is 1. The summed E-state index contributed by atoms with van der Waals surface area (Å²) in [6.07, 6.45) is 1.11. The van der Waals surface area contributed by atoms with Gasteiger partial charge in [0.1, 0.15) is 17.2 Å². The monoisotopic (exact) mass is 362 g/mol. The van der Waals surface area contributed by atoms with Crippen LogP contribution in [0.4, 0.5) is 11.4 Å². The molecule has 134 valence electrons. The van der Waals surface area contributed by atoms with E-state index in [1.165, 1.54) is 0 Å². The van der Waals surface area contributed by atoms with E-state index in [-0.39, 0.29) is 5.92 Å². The largest absolute Gasteiger partial charge is 0.457 e. The highest BCUT2D eigenvalue weighted by molar-refractivity contribution is 7.92. The number of hydrogen-bond acceptors (Lipinski definition) is 5. The van der Waals surface area contributed by atoms with Crippen LogP contribution in [-0.4, -0.2) is 14.7 Å². The third-order valence-corrected chi connectivity index (χ3v) is 4.31. The third kappa shape index (κ3) is 4.79. The van der Waals surface area contributed by atoms with E-state index >= 15 is 0 Å². The molecule has 0 radical (unpaired) electrons. The van der Waals surface area contributed by atoms with Crippen molar-refractivity contribution in [1.82, 2.24) is 0 Å². The van der Waals surface area contributed by atoms with Crippen LogP contribution in [0.2, 0.25) is 0 Å². The maximum atomic E-state index is 11.4. The molecule has 25 heavy (non-hydrogen) atoms. The van der Waals surface area contributed by atoms with Crippen LogP contribution in [0, 0.1) is 18.8 Å². The van der Waals surface area contributed by atoms with Gasteiger partial charge in [0.05, 0.1) is 6.26 Å². The van der Waals surface area contributed by atoms with E-state index < -0.39 is 10.0 Å². The first-order valence-electron chi connectivity index (χ1n) is 7.85. The summed E-state index contributed by atoms with van der Waals surface area (Å²) in [5.74, 6) is 1.39. The fourth-order valence-electron chi connectivity index (χ4n) is 2.64. The van der Waals surface area contributed by atoms with E-state index in [1.54, 1.807) is 24.3 Å². The molecule has 0 amide bonds. The SMILES string of the molecule is Cc1cc(NS(C)(=O)=O)cc(C)c1Oc1ccc(N=O)c(C(C)C)c1. The molecule has 0 aliphatic heterocycles. The second-order valence-electron chi connectivity index (χ2n) is 6.38. The second-order valence-corrected chi connectivity index (χ2v) is 8.13. The van der Waals surface area contributed by atoms with Crippen molar-refractivity contribution in [1.29, 1.82) is 0 Å². The molecule has 0 saturated carbocycles. The zero-order valence-corrected chi connectivity index (χ0v) is 15.8. The van der Waals surface area contributed by atoms with Crippen LogP contribution in [0.5, 0.6) is 11.5 Å². The molecule has 0 spiro atoms. The number of sulfonamides is 1. The lowest BCUT2D eigenvalue weighted by Gasteiger charge is -2.16. The van der Waals surface area contributed by atoms with E-state index in [4.69, 9.17) is 4.74 Å². The Kier molecular flexibility index (Phi) is 5.47. The number of aryl methyl sites for hydroxylation is 2. The molecule has 0 aromatic heterocycles. The van der Waals surface area contributed by atoms with E-state index in [2.05, 4.69) is 9.90 Å². The number of hydrogen-bond donors (Lipinski definition) is 1. The molecule has 6 nitrogen and oxygen atoms in total. The van der Waals surface area contributed by atoms with E-state index in [9.17, 15) is 13.3 Å². The number of anilines is 1. The van der Waals surface area contributed by atoms with Crippen LogP contribution in [0.1, 0.15) is 36.5 Å². The van der Waals surface area contributed by atoms with Gasteiger partial charge in [-0.05, 0) is 72.0 Å². The van der Waals surface area contributed by atoms with Crippen LogP contribution < -0.4 is 9.46 Å². The highest BCUT2D eigenvalue weighted by Gasteiger charge is 2.13. The normalized spacial score (nSPS) is 11.4. The van der Waals surface area contributed by atoms with Crippen molar-refractivity contribution in [3.8, 4) is 11.5 Å². The molecular formula is C18H22N2O4S. The fourth-order valence-corrected chi connectivity index (χ4v) is 3.19. The topological polar surface area (TPSA) is 84.8 Å². The lowest BCUT2D eigenvalue weighted by Crippen LogP contribution is -2.10. The quantitative estimate of drug-likeness (QED) is 0.734. The minimum absolute atomic E-state index is 0.139. The molecule has 0 saturated heterocycles. The van der Waals surface area contributed by atoms with Crippen molar-refractivity contribution in [2.45, 2.75) is 33.6 Å². The van der Waals surface area contributed by atoms with Gasteiger partial charge < -0.3 is 4.74 Å². The molecule has 0 aliphatic carbocycles. The summed E-state index contributed by atoms with van der Waals surface area (Å²) in [6.45, 7) is 7.66. The van der Waals surface area contributed by atoms with E-state index in [1.807, 2.05) is 33.8 Å². The molecule has 2 aromatic rings. The minimum Gasteiger partial charge on any atom is -0.457 e. The molecule has 2 rings (SSSR count). The highest BCUT2D eigenvalue weighted by atomic mass is 32.2. The van der Waals surface area contributed by atoms with Gasteiger partial charge in [0, 0.05) is 5.69 Å². The molecule has 2 aromatic carbocycles. The predicted octanol–water partition coefficient (Wildman–Crippen LogP) is 4.99. The van der Waals surface area contributed by atoms with Gasteiger partial charge in [0.25, 0.3) is 0 Å². The van der Waals surface area contributed by atoms with Crippen molar-refractivity contribution in [2.24, 2.45) is 5.18 Å². The van der Waals surface area contributed by atoms with Gasteiger partial charge in [0.15, 0.2) is 0 Å². The van der Waals surface area contributed by atoms with Gasteiger partial charge in [-0.25, -0.2) is 8.42 Å². The van der Waals surface area contributed by atoms with Crippen LogP contribution in [0.15, 0.2) is 35.5 Å².